The number of hydrogen-bond acceptors (Lipinski definition) is 3. The molecule has 0 aromatic heterocycles. The Morgan fingerprint density at radius 1 is 1.38 bits per heavy atom. The number of sulfonamides is 1. The van der Waals surface area contributed by atoms with Crippen molar-refractivity contribution >= 4 is 10.0 Å². The number of halogens is 1. The van der Waals surface area contributed by atoms with Gasteiger partial charge in [-0.25, -0.2) is 17.1 Å². The second kappa shape index (κ2) is 5.04. The minimum Gasteiger partial charge on any atom is -0.385 e. The minimum absolute atomic E-state index is 0.141. The third kappa shape index (κ3) is 2.60. The van der Waals surface area contributed by atoms with E-state index in [2.05, 4.69) is 0 Å². The summed E-state index contributed by atoms with van der Waals surface area (Å²) in [5, 5.41) is 11.1. The molecule has 6 heteroatoms. The molecular formula is C15H20FNO3S. The van der Waals surface area contributed by atoms with Gasteiger partial charge in [-0.2, -0.15) is 0 Å². The molecule has 3 rings (SSSR count). The Kier molecular flexibility index (Phi) is 3.58. The first kappa shape index (κ1) is 14.9. The molecule has 1 N–H and O–H groups in total. The van der Waals surface area contributed by atoms with Crippen LogP contribution in [0.2, 0.25) is 0 Å². The lowest BCUT2D eigenvalue weighted by atomic mass is 9.67. The van der Waals surface area contributed by atoms with Gasteiger partial charge in [0.05, 0.1) is 11.9 Å². The van der Waals surface area contributed by atoms with Crippen LogP contribution in [0.5, 0.6) is 0 Å². The van der Waals surface area contributed by atoms with Crippen LogP contribution >= 0.6 is 0 Å². The van der Waals surface area contributed by atoms with Crippen LogP contribution in [0.25, 0.3) is 0 Å². The van der Waals surface area contributed by atoms with E-state index in [4.69, 9.17) is 0 Å². The molecule has 3 atom stereocenters. The lowest BCUT2D eigenvalue weighted by molar-refractivity contribution is -0.0642. The fraction of sp³-hybridized carbons (Fsp3) is 0.600. The van der Waals surface area contributed by atoms with Crippen molar-refractivity contribution in [1.29, 1.82) is 0 Å². The molecule has 1 aliphatic carbocycles. The van der Waals surface area contributed by atoms with Gasteiger partial charge in [0.15, 0.2) is 0 Å². The van der Waals surface area contributed by atoms with Crippen molar-refractivity contribution in [2.24, 2.45) is 11.8 Å². The molecule has 0 radical (unpaired) electrons. The summed E-state index contributed by atoms with van der Waals surface area (Å²) in [6, 6.07) is 6.04. The Hall–Kier alpha value is -0.980. The first-order chi connectivity index (χ1) is 9.80. The van der Waals surface area contributed by atoms with Gasteiger partial charge < -0.3 is 5.11 Å². The molecule has 2 fully saturated rings. The average Bonchev–Trinajstić information content (AvgIpc) is 2.84. The molecule has 1 heterocycles. The third-order valence-electron chi connectivity index (χ3n) is 4.95. The Morgan fingerprint density at radius 2 is 2.14 bits per heavy atom. The van der Waals surface area contributed by atoms with Crippen molar-refractivity contribution in [1.82, 2.24) is 4.31 Å². The number of hydrogen-bond donors (Lipinski definition) is 1. The van der Waals surface area contributed by atoms with E-state index in [9.17, 15) is 17.9 Å². The SMILES string of the molecule is CS(=O)(=O)N1C[C@@H]2CCC[C@](O)(c3cccc(F)c3)[C@@H]2C1. The molecule has 0 bridgehead atoms. The quantitative estimate of drug-likeness (QED) is 0.904. The highest BCUT2D eigenvalue weighted by atomic mass is 32.2. The molecule has 4 nitrogen and oxygen atoms in total. The van der Waals surface area contributed by atoms with E-state index in [0.717, 1.165) is 12.8 Å². The highest BCUT2D eigenvalue weighted by molar-refractivity contribution is 7.88. The number of benzene rings is 1. The second-order valence-electron chi connectivity index (χ2n) is 6.27. The molecule has 0 amide bonds. The summed E-state index contributed by atoms with van der Waals surface area (Å²) in [7, 11) is -3.25. The molecule has 0 spiro atoms. The van der Waals surface area contributed by atoms with Gasteiger partial charge in [0.1, 0.15) is 5.82 Å². The Morgan fingerprint density at radius 3 is 2.81 bits per heavy atom. The lowest BCUT2D eigenvalue weighted by Gasteiger charge is -2.41. The maximum atomic E-state index is 13.5. The summed E-state index contributed by atoms with van der Waals surface area (Å²) in [4.78, 5) is 0. The van der Waals surface area contributed by atoms with Crippen molar-refractivity contribution in [2.45, 2.75) is 24.9 Å². The van der Waals surface area contributed by atoms with Gasteiger partial charge in [-0.3, -0.25) is 0 Å². The highest BCUT2D eigenvalue weighted by Gasteiger charge is 2.51. The third-order valence-corrected chi connectivity index (χ3v) is 6.18. The van der Waals surface area contributed by atoms with E-state index >= 15 is 0 Å². The van der Waals surface area contributed by atoms with Gasteiger partial charge in [-0.15, -0.1) is 0 Å². The molecule has 1 aromatic rings. The van der Waals surface area contributed by atoms with Crippen LogP contribution in [0.1, 0.15) is 24.8 Å². The lowest BCUT2D eigenvalue weighted by Crippen LogP contribution is -2.43. The first-order valence-corrected chi connectivity index (χ1v) is 9.09. The molecule has 21 heavy (non-hydrogen) atoms. The van der Waals surface area contributed by atoms with Gasteiger partial charge in [0.2, 0.25) is 10.0 Å². The fourth-order valence-electron chi connectivity index (χ4n) is 3.87. The predicted octanol–water partition coefficient (Wildman–Crippen LogP) is 1.70. The van der Waals surface area contributed by atoms with Crippen molar-refractivity contribution in [3.05, 3.63) is 35.6 Å². The van der Waals surface area contributed by atoms with Crippen LogP contribution in [-0.2, 0) is 15.6 Å². The van der Waals surface area contributed by atoms with Crippen LogP contribution in [0.15, 0.2) is 24.3 Å². The van der Waals surface area contributed by atoms with Crippen LogP contribution in [0.4, 0.5) is 4.39 Å². The first-order valence-electron chi connectivity index (χ1n) is 7.24. The number of fused-ring (bicyclic) bond motifs is 1. The normalized spacial score (nSPS) is 33.9. The minimum atomic E-state index is -3.25. The molecular weight excluding hydrogens is 293 g/mol. The van der Waals surface area contributed by atoms with E-state index < -0.39 is 15.6 Å². The fourth-order valence-corrected chi connectivity index (χ4v) is 4.76. The van der Waals surface area contributed by atoms with Crippen LogP contribution in [-0.4, -0.2) is 37.2 Å². The number of rotatable bonds is 2. The van der Waals surface area contributed by atoms with E-state index in [1.807, 2.05) is 0 Å². The van der Waals surface area contributed by atoms with E-state index in [0.29, 0.717) is 25.1 Å². The summed E-state index contributed by atoms with van der Waals surface area (Å²) >= 11 is 0. The molecule has 2 aliphatic rings. The summed E-state index contributed by atoms with van der Waals surface area (Å²) in [6.07, 6.45) is 3.49. The second-order valence-corrected chi connectivity index (χ2v) is 8.26. The van der Waals surface area contributed by atoms with Crippen molar-refractivity contribution < 1.29 is 17.9 Å². The van der Waals surface area contributed by atoms with Gasteiger partial charge in [-0.1, -0.05) is 12.1 Å². The summed E-state index contributed by atoms with van der Waals surface area (Å²) < 4.78 is 38.5. The number of aliphatic hydroxyl groups is 1. The van der Waals surface area contributed by atoms with E-state index in [1.165, 1.54) is 22.7 Å². The zero-order valence-corrected chi connectivity index (χ0v) is 12.8. The maximum Gasteiger partial charge on any atom is 0.211 e. The largest absolute Gasteiger partial charge is 0.385 e. The van der Waals surface area contributed by atoms with Crippen LogP contribution < -0.4 is 0 Å². The van der Waals surface area contributed by atoms with Crippen molar-refractivity contribution in [3.63, 3.8) is 0 Å². The molecule has 116 valence electrons. The summed E-state index contributed by atoms with van der Waals surface area (Å²) in [6.45, 7) is 0.775. The number of nitrogens with zero attached hydrogens (tertiary/aromatic N) is 1. The van der Waals surface area contributed by atoms with Crippen molar-refractivity contribution in [2.75, 3.05) is 19.3 Å². The van der Waals surface area contributed by atoms with E-state index in [1.54, 1.807) is 12.1 Å². The standard InChI is InChI=1S/C15H20FNO3S/c1-21(19,20)17-9-11-4-3-7-15(18,14(11)10-17)12-5-2-6-13(16)8-12/h2,5-6,8,11,14,18H,3-4,7,9-10H2,1H3/t11-,14+,15-/m0/s1. The van der Waals surface area contributed by atoms with E-state index in [-0.39, 0.29) is 17.7 Å². The molecule has 1 aliphatic heterocycles. The molecule has 1 aromatic carbocycles. The highest BCUT2D eigenvalue weighted by Crippen LogP contribution is 2.48. The topological polar surface area (TPSA) is 57.6 Å². The zero-order valence-electron chi connectivity index (χ0n) is 12.0. The summed E-state index contributed by atoms with van der Waals surface area (Å²) in [5.41, 5.74) is -0.572. The predicted molar refractivity (Wildman–Crippen MR) is 77.5 cm³/mol. The average molecular weight is 313 g/mol. The smallest absolute Gasteiger partial charge is 0.211 e. The van der Waals surface area contributed by atoms with Crippen molar-refractivity contribution in [3.8, 4) is 0 Å². The Balaban J connectivity index is 1.96. The molecule has 1 saturated carbocycles. The van der Waals surface area contributed by atoms with Gasteiger partial charge >= 0.3 is 0 Å². The van der Waals surface area contributed by atoms with Gasteiger partial charge in [0.25, 0.3) is 0 Å². The molecule has 0 unspecified atom stereocenters. The summed E-state index contributed by atoms with van der Waals surface area (Å²) in [5.74, 6) is -0.398. The van der Waals surface area contributed by atoms with Gasteiger partial charge in [0, 0.05) is 19.0 Å². The van der Waals surface area contributed by atoms with Gasteiger partial charge in [-0.05, 0) is 42.9 Å². The maximum absolute atomic E-state index is 13.5. The van der Waals surface area contributed by atoms with Crippen LogP contribution in [0, 0.1) is 17.7 Å². The zero-order chi connectivity index (χ0) is 15.3. The Bertz CT molecular complexity index is 648. The Labute approximate surface area is 124 Å². The monoisotopic (exact) mass is 313 g/mol. The molecule has 1 saturated heterocycles. The van der Waals surface area contributed by atoms with Crippen LogP contribution in [0.3, 0.4) is 0 Å².